The van der Waals surface area contributed by atoms with Crippen molar-refractivity contribution < 1.29 is 83.6 Å². The van der Waals surface area contributed by atoms with Crippen molar-refractivity contribution >= 4 is 91.0 Å². The number of pyridine rings is 1. The summed E-state index contributed by atoms with van der Waals surface area (Å²) < 4.78 is 89.7. The smallest absolute Gasteiger partial charge is 0.411 e. The van der Waals surface area contributed by atoms with Gasteiger partial charge in [0.2, 0.25) is 11.8 Å². The van der Waals surface area contributed by atoms with Crippen molar-refractivity contribution in [2.24, 2.45) is 17.6 Å². The summed E-state index contributed by atoms with van der Waals surface area (Å²) in [5, 5.41) is 14.7. The highest BCUT2D eigenvalue weighted by Gasteiger charge is 2.62. The van der Waals surface area contributed by atoms with Crippen molar-refractivity contribution in [2.75, 3.05) is 44.5 Å². The molecule has 9 N–H and O–H groups in total. The number of amides is 6. The molecule has 1 saturated heterocycles. The lowest BCUT2D eigenvalue weighted by atomic mass is 10.1. The van der Waals surface area contributed by atoms with Crippen LogP contribution in [0.3, 0.4) is 0 Å². The SMILES string of the molecule is C=C[C@@H]1C[C@]1(N)C(=O)NS(=O)(=O)c1ccccc1NCCCCCCC[C@H](NC(=O)OC1CCCC1)C(=O)OC.C=C[C@@H]1C[C@]1(NC(=O)[C@@H]1C[C@@H](Oc2ccc(Cl)cn2)CN1C(=O)OC(C)(C)C)C(=O)NS(=O)(=O)c1ccccc1NCCCCCCC[C@H](NC(=O)OC1CCCC1)C(=O)OC. The van der Waals surface area contributed by atoms with Gasteiger partial charge in [-0.15, -0.1) is 13.2 Å². The van der Waals surface area contributed by atoms with Gasteiger partial charge in [0.1, 0.15) is 62.9 Å². The summed E-state index contributed by atoms with van der Waals surface area (Å²) in [4.78, 5) is 108. The summed E-state index contributed by atoms with van der Waals surface area (Å²) in [6.07, 6.45) is 18.5. The summed E-state index contributed by atoms with van der Waals surface area (Å²) in [7, 11) is -5.98. The van der Waals surface area contributed by atoms with Gasteiger partial charge in [-0.25, -0.2) is 55.2 Å². The van der Waals surface area contributed by atoms with Crippen LogP contribution >= 0.6 is 11.6 Å². The molecule has 562 valence electrons. The van der Waals surface area contributed by atoms with Gasteiger partial charge in [0.05, 0.1) is 37.2 Å². The lowest BCUT2D eigenvalue weighted by molar-refractivity contribution is -0.144. The normalized spacial score (nSPS) is 21.4. The molecule has 4 saturated carbocycles. The summed E-state index contributed by atoms with van der Waals surface area (Å²) in [5.74, 6) is -3.97. The second-order valence-electron chi connectivity index (χ2n) is 27.4. The molecule has 6 amide bonds. The highest BCUT2D eigenvalue weighted by molar-refractivity contribution is 7.90. The first kappa shape index (κ1) is 81.1. The number of carbonyl (C=O) groups is 8. The number of nitrogens with two attached hydrogens (primary N) is 1. The molecule has 1 aromatic heterocycles. The van der Waals surface area contributed by atoms with E-state index in [-0.39, 0.29) is 53.2 Å². The van der Waals surface area contributed by atoms with Gasteiger partial charge in [-0.1, -0.05) is 99.4 Å². The third-order valence-corrected chi connectivity index (χ3v) is 21.5. The number of unbranched alkanes of at least 4 members (excludes halogenated alkanes) is 8. The minimum absolute atomic E-state index is 0.0180. The second-order valence-corrected chi connectivity index (χ2v) is 31.2. The van der Waals surface area contributed by atoms with Gasteiger partial charge in [-0.3, -0.25) is 19.3 Å². The molecule has 5 aliphatic rings. The average molecular weight is 1480 g/mol. The maximum Gasteiger partial charge on any atom is 0.411 e. The number of hydrogen-bond donors (Lipinski definition) is 8. The van der Waals surface area contributed by atoms with Gasteiger partial charge < -0.3 is 60.7 Å². The molecule has 2 aromatic carbocycles. The molecule has 31 heteroatoms. The molecule has 28 nitrogen and oxygen atoms in total. The predicted octanol–water partition coefficient (Wildman–Crippen LogP) is 9.38. The van der Waals surface area contributed by atoms with Crippen molar-refractivity contribution in [3.63, 3.8) is 0 Å². The Hall–Kier alpha value is -8.22. The van der Waals surface area contributed by atoms with Crippen LogP contribution in [0.2, 0.25) is 5.02 Å². The Labute approximate surface area is 603 Å². The third kappa shape index (κ3) is 23.9. The van der Waals surface area contributed by atoms with Gasteiger partial charge in [0, 0.05) is 43.6 Å². The van der Waals surface area contributed by atoms with Gasteiger partial charge in [0.15, 0.2) is 0 Å². The Balaban J connectivity index is 0.000000314. The molecule has 8 atom stereocenters. The Bertz CT molecular complexity index is 3630. The number of benzene rings is 2. The number of aromatic nitrogens is 1. The van der Waals surface area contributed by atoms with E-state index in [2.05, 4.69) is 54.2 Å². The molecule has 0 spiro atoms. The van der Waals surface area contributed by atoms with E-state index >= 15 is 0 Å². The molecule has 0 unspecified atom stereocenters. The number of nitrogens with zero attached hydrogens (tertiary/aromatic N) is 2. The Morgan fingerprint density at radius 1 is 0.647 bits per heavy atom. The van der Waals surface area contributed by atoms with Crippen molar-refractivity contribution in [3.8, 4) is 5.88 Å². The highest BCUT2D eigenvalue weighted by atomic mass is 35.5. The number of sulfonamides is 2. The first-order valence-corrected chi connectivity index (χ1v) is 38.4. The van der Waals surface area contributed by atoms with Crippen LogP contribution in [0.4, 0.5) is 25.8 Å². The third-order valence-electron chi connectivity index (χ3n) is 18.5. The van der Waals surface area contributed by atoms with Gasteiger partial charge in [-0.2, -0.15) is 0 Å². The number of para-hydroxylation sites is 2. The van der Waals surface area contributed by atoms with E-state index in [9.17, 15) is 55.2 Å². The van der Waals surface area contributed by atoms with E-state index in [1.54, 1.807) is 75.4 Å². The molecule has 4 aliphatic carbocycles. The van der Waals surface area contributed by atoms with E-state index in [0.717, 1.165) is 103 Å². The van der Waals surface area contributed by atoms with Crippen LogP contribution in [0.25, 0.3) is 0 Å². The number of alkyl carbamates (subject to hydrolysis) is 2. The molecular weight excluding hydrogens is 1380 g/mol. The van der Waals surface area contributed by atoms with Crippen molar-refractivity contribution in [2.45, 2.75) is 231 Å². The van der Waals surface area contributed by atoms with Crippen LogP contribution < -0.4 is 46.5 Å². The number of halogens is 1. The molecular formula is C71H101ClN10O18S2. The highest BCUT2D eigenvalue weighted by Crippen LogP contribution is 2.46. The van der Waals surface area contributed by atoms with Gasteiger partial charge in [-0.05, 0) is 141 Å². The van der Waals surface area contributed by atoms with Crippen LogP contribution in [0.5, 0.6) is 5.88 Å². The molecule has 0 radical (unpaired) electrons. The van der Waals surface area contributed by atoms with E-state index in [1.807, 2.05) is 0 Å². The lowest BCUT2D eigenvalue weighted by Gasteiger charge is -2.29. The van der Waals surface area contributed by atoms with Crippen LogP contribution in [0.1, 0.15) is 168 Å². The largest absolute Gasteiger partial charge is 0.472 e. The minimum Gasteiger partial charge on any atom is -0.472 e. The molecule has 8 rings (SSSR count). The zero-order chi connectivity index (χ0) is 74.3. The Morgan fingerprint density at radius 3 is 1.56 bits per heavy atom. The zero-order valence-corrected chi connectivity index (χ0v) is 61.3. The topological polar surface area (TPSA) is 387 Å². The number of esters is 2. The van der Waals surface area contributed by atoms with Crippen LogP contribution in [0.15, 0.2) is 102 Å². The second kappa shape index (κ2) is 37.8. The fraction of sp³-hybridized carbons (Fsp3) is 0.592. The van der Waals surface area contributed by atoms with Crippen molar-refractivity contribution in [1.82, 2.24) is 35.3 Å². The molecule has 102 heavy (non-hydrogen) atoms. The number of nitrogens with one attached hydrogen (secondary N) is 7. The van der Waals surface area contributed by atoms with Crippen LogP contribution in [-0.4, -0.2) is 162 Å². The standard InChI is InChI=1S/C43H59ClN6O11S.C28H42N4O7S/c1-6-28-25-43(28,48-37(51)34-24-31(59-36-22-21-29(44)26-46-36)27-50(34)41(55)61-42(2,3)4)39(53)49-62(56,57)35-20-14-13-18-32(35)45-23-15-9-7-8-10-19-33(38(52)58-5)47-40(54)60-30-16-11-12-17-30;1-3-20-19-28(20,29)26(34)32-40(36,37)24-17-11-10-15-22(24)30-18-12-6-4-5-7-16-23(25(33)38-2)31-27(35)39-21-13-8-9-14-21/h6,13-14,18,20-22,26,28,30-31,33-34,45H,1,7-12,15-17,19,23-25,27H2,2-5H3,(H,47,54)(H,48,51)(H,49,53);3,10-11,15,17,20-21,23,30H,1,4-9,12-14,16,18-19,29H2,2H3,(H,31,35)(H,32,34)/t28-,31-,33+,34+,43-;20-,23+,28-/m11/s1. The summed E-state index contributed by atoms with van der Waals surface area (Å²) in [6, 6.07) is 13.1. The zero-order valence-electron chi connectivity index (χ0n) is 58.9. The Kier molecular flexibility index (Phi) is 30.1. The maximum absolute atomic E-state index is 14.0. The minimum atomic E-state index is -4.44. The summed E-state index contributed by atoms with van der Waals surface area (Å²) in [6.45, 7) is 13.4. The molecule has 2 heterocycles. The van der Waals surface area contributed by atoms with Crippen LogP contribution in [0, 0.1) is 11.8 Å². The maximum atomic E-state index is 14.0. The number of likely N-dealkylation sites (tertiary alicyclic amines) is 1. The lowest BCUT2D eigenvalue weighted by Crippen LogP contribution is -2.56. The van der Waals surface area contributed by atoms with Crippen LogP contribution in [-0.2, 0) is 67.7 Å². The predicted molar refractivity (Wildman–Crippen MR) is 381 cm³/mol. The number of methoxy groups -OCH3 is 2. The van der Waals surface area contributed by atoms with Crippen molar-refractivity contribution in [3.05, 3.63) is 97.2 Å². The molecule has 3 aromatic rings. The van der Waals surface area contributed by atoms with E-state index in [0.29, 0.717) is 61.6 Å². The summed E-state index contributed by atoms with van der Waals surface area (Å²) in [5.41, 5.74) is 2.94. The van der Waals surface area contributed by atoms with Crippen molar-refractivity contribution in [1.29, 1.82) is 0 Å². The fourth-order valence-electron chi connectivity index (χ4n) is 12.6. The van der Waals surface area contributed by atoms with E-state index in [1.165, 1.54) is 43.5 Å². The summed E-state index contributed by atoms with van der Waals surface area (Å²) >= 11 is 5.96. The number of rotatable bonds is 36. The average Bonchev–Trinajstić information content (AvgIpc) is 1.52. The van der Waals surface area contributed by atoms with Gasteiger partial charge in [0.25, 0.3) is 31.9 Å². The molecule has 0 bridgehead atoms. The number of ether oxygens (including phenoxy) is 6. The monoisotopic (exact) mass is 1480 g/mol. The first-order valence-electron chi connectivity index (χ1n) is 35.1. The van der Waals surface area contributed by atoms with E-state index < -0.39 is 115 Å². The molecule has 1 aliphatic heterocycles. The number of carbonyl (C=O) groups excluding carboxylic acids is 8. The Morgan fingerprint density at radius 2 is 1.12 bits per heavy atom. The van der Waals surface area contributed by atoms with E-state index in [4.69, 9.17) is 45.8 Å². The quantitative estimate of drug-likeness (QED) is 0.0116. The first-order chi connectivity index (χ1) is 48.5. The number of anilines is 2. The molecule has 5 fully saturated rings. The number of hydrogen-bond acceptors (Lipinski definition) is 22. The van der Waals surface area contributed by atoms with Gasteiger partial charge >= 0.3 is 30.2 Å². The fourth-order valence-corrected chi connectivity index (χ4v) is 15.2.